The summed E-state index contributed by atoms with van der Waals surface area (Å²) in [5.74, 6) is -0.860. The molecular formula is C19H24O4. The van der Waals surface area contributed by atoms with Gasteiger partial charge < -0.3 is 14.9 Å². The molecule has 23 heavy (non-hydrogen) atoms. The Morgan fingerprint density at radius 3 is 2.22 bits per heavy atom. The molecule has 1 fully saturated rings. The molecule has 0 bridgehead atoms. The highest BCUT2D eigenvalue weighted by atomic mass is 16.5. The molecule has 4 nitrogen and oxygen atoms in total. The summed E-state index contributed by atoms with van der Waals surface area (Å²) in [4.78, 5) is 13.0. The Labute approximate surface area is 136 Å². The number of Topliss-reactive ketones (excluding diaryl/α,β-unsaturated/α-hetero) is 1. The van der Waals surface area contributed by atoms with Gasteiger partial charge in [0.25, 0.3) is 0 Å². The second-order valence-corrected chi connectivity index (χ2v) is 7.00. The van der Waals surface area contributed by atoms with Gasteiger partial charge in [-0.15, -0.1) is 0 Å². The van der Waals surface area contributed by atoms with Crippen LogP contribution in [0.3, 0.4) is 0 Å². The van der Waals surface area contributed by atoms with E-state index in [4.69, 9.17) is 4.74 Å². The Bertz CT molecular complexity index is 678. The Balaban J connectivity index is 2.16. The number of hydrogen-bond acceptors (Lipinski definition) is 4. The summed E-state index contributed by atoms with van der Waals surface area (Å²) in [5, 5.41) is 20.8. The van der Waals surface area contributed by atoms with Gasteiger partial charge in [-0.3, -0.25) is 4.79 Å². The standard InChI is InChI=1S/C19H24O4/c1-8-6-9(2)13(10(3)7-8)15-17(21)14-12(5)23-19(11(4)20)16(14)18(15)22/h6-7,11-12,14,16,19-20,22H,1-5H3/t11-,12+,14+,16-,19-/m1/s1. The van der Waals surface area contributed by atoms with Crippen LogP contribution in [0.15, 0.2) is 17.9 Å². The second kappa shape index (κ2) is 5.46. The van der Waals surface area contributed by atoms with Crippen molar-refractivity contribution in [3.8, 4) is 0 Å². The van der Waals surface area contributed by atoms with Crippen LogP contribution in [-0.4, -0.2) is 34.3 Å². The number of ether oxygens (including phenoxy) is 1. The van der Waals surface area contributed by atoms with Crippen molar-refractivity contribution in [3.05, 3.63) is 40.1 Å². The van der Waals surface area contributed by atoms with Gasteiger partial charge in [0.2, 0.25) is 0 Å². The topological polar surface area (TPSA) is 66.8 Å². The lowest BCUT2D eigenvalue weighted by molar-refractivity contribution is -0.118. The molecule has 3 rings (SSSR count). The average molecular weight is 316 g/mol. The summed E-state index contributed by atoms with van der Waals surface area (Å²) >= 11 is 0. The molecule has 5 atom stereocenters. The zero-order valence-electron chi connectivity index (χ0n) is 14.3. The van der Waals surface area contributed by atoms with Crippen molar-refractivity contribution < 1.29 is 19.7 Å². The van der Waals surface area contributed by atoms with Crippen molar-refractivity contribution in [1.82, 2.24) is 0 Å². The van der Waals surface area contributed by atoms with Crippen molar-refractivity contribution in [1.29, 1.82) is 0 Å². The molecule has 4 heteroatoms. The predicted octanol–water partition coefficient (Wildman–Crippen LogP) is 2.86. The van der Waals surface area contributed by atoms with Crippen molar-refractivity contribution in [2.24, 2.45) is 11.8 Å². The highest BCUT2D eigenvalue weighted by Gasteiger charge is 2.56. The normalized spacial score (nSPS) is 31.7. The molecule has 0 aromatic heterocycles. The van der Waals surface area contributed by atoms with Crippen molar-refractivity contribution in [3.63, 3.8) is 0 Å². The van der Waals surface area contributed by atoms with E-state index in [0.29, 0.717) is 5.57 Å². The van der Waals surface area contributed by atoms with E-state index in [-0.39, 0.29) is 17.6 Å². The van der Waals surface area contributed by atoms with Gasteiger partial charge in [0.1, 0.15) is 5.76 Å². The fraction of sp³-hybridized carbons (Fsp3) is 0.526. The van der Waals surface area contributed by atoms with Gasteiger partial charge in [-0.05, 0) is 51.3 Å². The third-order valence-electron chi connectivity index (χ3n) is 5.14. The van der Waals surface area contributed by atoms with Crippen LogP contribution in [0.2, 0.25) is 0 Å². The van der Waals surface area contributed by atoms with Crippen molar-refractivity contribution in [2.75, 3.05) is 0 Å². The summed E-state index contributed by atoms with van der Waals surface area (Å²) in [7, 11) is 0. The Hall–Kier alpha value is -1.65. The molecule has 124 valence electrons. The number of aliphatic hydroxyl groups is 2. The van der Waals surface area contributed by atoms with Gasteiger partial charge in [0, 0.05) is 0 Å². The van der Waals surface area contributed by atoms with Gasteiger partial charge in [0.05, 0.1) is 35.7 Å². The molecule has 0 amide bonds. The maximum atomic E-state index is 13.0. The number of allylic oxidation sites excluding steroid dienone is 1. The number of benzene rings is 1. The van der Waals surface area contributed by atoms with E-state index in [2.05, 4.69) is 0 Å². The van der Waals surface area contributed by atoms with Crippen LogP contribution in [0.5, 0.6) is 0 Å². The van der Waals surface area contributed by atoms with Crippen LogP contribution in [0.4, 0.5) is 0 Å². The number of aliphatic hydroxyl groups excluding tert-OH is 2. The van der Waals surface area contributed by atoms with Gasteiger partial charge in [-0.1, -0.05) is 17.7 Å². The number of hydrogen-bond donors (Lipinski definition) is 2. The fourth-order valence-corrected chi connectivity index (χ4v) is 4.31. The zero-order valence-corrected chi connectivity index (χ0v) is 14.3. The molecule has 0 radical (unpaired) electrons. The van der Waals surface area contributed by atoms with Crippen LogP contribution in [0.1, 0.15) is 36.1 Å². The van der Waals surface area contributed by atoms with Crippen molar-refractivity contribution in [2.45, 2.75) is 52.9 Å². The van der Waals surface area contributed by atoms with Crippen molar-refractivity contribution >= 4 is 11.4 Å². The van der Waals surface area contributed by atoms with Gasteiger partial charge in [0.15, 0.2) is 5.78 Å². The van der Waals surface area contributed by atoms with E-state index in [1.807, 2.05) is 39.8 Å². The number of carbonyl (C=O) groups excluding carboxylic acids is 1. The fourth-order valence-electron chi connectivity index (χ4n) is 4.31. The number of ketones is 1. The summed E-state index contributed by atoms with van der Waals surface area (Å²) in [6, 6.07) is 4.05. The van der Waals surface area contributed by atoms with Gasteiger partial charge >= 0.3 is 0 Å². The minimum Gasteiger partial charge on any atom is -0.511 e. The quantitative estimate of drug-likeness (QED) is 0.880. The largest absolute Gasteiger partial charge is 0.511 e. The maximum absolute atomic E-state index is 13.0. The first-order chi connectivity index (χ1) is 10.7. The smallest absolute Gasteiger partial charge is 0.173 e. The first-order valence-corrected chi connectivity index (χ1v) is 8.13. The molecule has 1 aliphatic carbocycles. The molecule has 2 N–H and O–H groups in total. The zero-order chi connectivity index (χ0) is 17.0. The van der Waals surface area contributed by atoms with E-state index < -0.39 is 24.0 Å². The summed E-state index contributed by atoms with van der Waals surface area (Å²) in [6.45, 7) is 9.41. The first kappa shape index (κ1) is 16.2. The van der Waals surface area contributed by atoms with E-state index in [9.17, 15) is 15.0 Å². The van der Waals surface area contributed by atoms with Crippen LogP contribution >= 0.6 is 0 Å². The van der Waals surface area contributed by atoms with Crippen LogP contribution in [0, 0.1) is 32.6 Å². The maximum Gasteiger partial charge on any atom is 0.173 e. The Kier molecular flexibility index (Phi) is 3.85. The molecule has 0 spiro atoms. The number of fused-ring (bicyclic) bond motifs is 1. The lowest BCUT2D eigenvalue weighted by atomic mass is 9.86. The molecule has 1 saturated heterocycles. The summed E-state index contributed by atoms with van der Waals surface area (Å²) in [6.07, 6.45) is -1.58. The number of carbonyl (C=O) groups is 1. The average Bonchev–Trinajstić information content (AvgIpc) is 2.90. The van der Waals surface area contributed by atoms with Crippen LogP contribution < -0.4 is 0 Å². The summed E-state index contributed by atoms with van der Waals surface area (Å²) in [5.41, 5.74) is 4.34. The summed E-state index contributed by atoms with van der Waals surface area (Å²) < 4.78 is 5.73. The van der Waals surface area contributed by atoms with E-state index in [0.717, 1.165) is 22.3 Å². The first-order valence-electron chi connectivity index (χ1n) is 8.13. The Morgan fingerprint density at radius 2 is 1.70 bits per heavy atom. The van der Waals surface area contributed by atoms with Gasteiger partial charge in [-0.25, -0.2) is 0 Å². The minimum atomic E-state index is -0.734. The third kappa shape index (κ3) is 2.32. The second-order valence-electron chi connectivity index (χ2n) is 7.00. The molecule has 2 aliphatic rings. The molecule has 1 aromatic rings. The third-order valence-corrected chi connectivity index (χ3v) is 5.14. The predicted molar refractivity (Wildman–Crippen MR) is 88.2 cm³/mol. The molecule has 0 unspecified atom stereocenters. The highest BCUT2D eigenvalue weighted by Crippen LogP contribution is 2.49. The number of aryl methyl sites for hydroxylation is 3. The molecular weight excluding hydrogens is 292 g/mol. The lowest BCUT2D eigenvalue weighted by Gasteiger charge is -2.20. The molecule has 1 aliphatic heterocycles. The minimum absolute atomic E-state index is 0.0711. The SMILES string of the molecule is Cc1cc(C)c(C2=C(O)[C@@H]3[C@@H]([C@@H](C)O)O[C@@H](C)[C@@H]3C2=O)c(C)c1. The van der Waals surface area contributed by atoms with E-state index >= 15 is 0 Å². The van der Waals surface area contributed by atoms with Crippen LogP contribution in [-0.2, 0) is 9.53 Å². The molecule has 0 saturated carbocycles. The monoisotopic (exact) mass is 316 g/mol. The Morgan fingerprint density at radius 1 is 1.13 bits per heavy atom. The highest BCUT2D eigenvalue weighted by molar-refractivity contribution is 6.25. The van der Waals surface area contributed by atoms with E-state index in [1.165, 1.54) is 0 Å². The van der Waals surface area contributed by atoms with Gasteiger partial charge in [-0.2, -0.15) is 0 Å². The molecule has 1 aromatic carbocycles. The molecule has 1 heterocycles. The van der Waals surface area contributed by atoms with E-state index in [1.54, 1.807) is 6.92 Å². The number of rotatable bonds is 2. The lowest BCUT2D eigenvalue weighted by Crippen LogP contribution is -2.30. The van der Waals surface area contributed by atoms with Crippen LogP contribution in [0.25, 0.3) is 5.57 Å².